The third-order valence-electron chi connectivity index (χ3n) is 3.48. The first kappa shape index (κ1) is 12.8. The molecular formula is C15H19N3O2. The molecule has 0 spiro atoms. The summed E-state index contributed by atoms with van der Waals surface area (Å²) >= 11 is 0. The molecule has 0 fully saturated rings. The number of rotatable bonds is 3. The van der Waals surface area contributed by atoms with E-state index in [2.05, 4.69) is 17.3 Å². The molecule has 0 saturated carbocycles. The number of aryl methyl sites for hydroxylation is 1. The van der Waals surface area contributed by atoms with Crippen LogP contribution in [0.5, 0.6) is 11.5 Å². The molecule has 0 bridgehead atoms. The highest BCUT2D eigenvalue weighted by molar-refractivity contribution is 5.56. The Morgan fingerprint density at radius 2 is 2.00 bits per heavy atom. The Balaban J connectivity index is 1.72. The Morgan fingerprint density at radius 1 is 1.25 bits per heavy atom. The molecule has 2 aromatic rings. The van der Waals surface area contributed by atoms with Crippen LogP contribution in [-0.4, -0.2) is 15.6 Å². The maximum absolute atomic E-state index is 5.74. The summed E-state index contributed by atoms with van der Waals surface area (Å²) in [7, 11) is 1.95. The monoisotopic (exact) mass is 273 g/mol. The summed E-state index contributed by atoms with van der Waals surface area (Å²) in [4.78, 5) is 0. The minimum Gasteiger partial charge on any atom is -0.449 e. The number of hydrogen-bond donors (Lipinski definition) is 1. The summed E-state index contributed by atoms with van der Waals surface area (Å²) < 4.78 is 13.3. The summed E-state index contributed by atoms with van der Waals surface area (Å²) in [6.07, 6.45) is 1.89. The van der Waals surface area contributed by atoms with Crippen molar-refractivity contribution in [3.05, 3.63) is 35.7 Å². The third-order valence-corrected chi connectivity index (χ3v) is 3.48. The molecule has 5 heteroatoms. The predicted molar refractivity (Wildman–Crippen MR) is 77.0 cm³/mol. The fraction of sp³-hybridized carbons (Fsp3) is 0.400. The second-order valence-electron chi connectivity index (χ2n) is 5.50. The van der Waals surface area contributed by atoms with Crippen molar-refractivity contribution in [3.8, 4) is 11.5 Å². The minimum atomic E-state index is -0.582. The first-order valence-corrected chi connectivity index (χ1v) is 6.68. The van der Waals surface area contributed by atoms with Crippen molar-refractivity contribution < 1.29 is 9.47 Å². The van der Waals surface area contributed by atoms with Gasteiger partial charge in [0.15, 0.2) is 11.5 Å². The van der Waals surface area contributed by atoms with E-state index >= 15 is 0 Å². The van der Waals surface area contributed by atoms with Crippen molar-refractivity contribution in [3.63, 3.8) is 0 Å². The predicted octanol–water partition coefficient (Wildman–Crippen LogP) is 2.85. The lowest BCUT2D eigenvalue weighted by molar-refractivity contribution is -0.0431. The maximum Gasteiger partial charge on any atom is 0.246 e. The van der Waals surface area contributed by atoms with Crippen molar-refractivity contribution in [1.29, 1.82) is 0 Å². The zero-order valence-electron chi connectivity index (χ0n) is 12.2. The van der Waals surface area contributed by atoms with Gasteiger partial charge in [0.25, 0.3) is 0 Å². The molecule has 0 amide bonds. The van der Waals surface area contributed by atoms with E-state index in [0.717, 1.165) is 23.7 Å². The largest absolute Gasteiger partial charge is 0.449 e. The van der Waals surface area contributed by atoms with E-state index < -0.39 is 5.79 Å². The van der Waals surface area contributed by atoms with Crippen molar-refractivity contribution in [1.82, 2.24) is 9.78 Å². The van der Waals surface area contributed by atoms with Gasteiger partial charge in [-0.15, -0.1) is 0 Å². The number of nitrogens with one attached hydrogen (secondary N) is 1. The van der Waals surface area contributed by atoms with Gasteiger partial charge in [-0.05, 0) is 19.1 Å². The van der Waals surface area contributed by atoms with E-state index in [4.69, 9.17) is 9.47 Å². The molecule has 1 aliphatic rings. The fourth-order valence-electron chi connectivity index (χ4n) is 2.25. The average Bonchev–Trinajstić information content (AvgIpc) is 2.86. The number of ether oxygens (including phenoxy) is 2. The minimum absolute atomic E-state index is 0.582. The summed E-state index contributed by atoms with van der Waals surface area (Å²) in [6.45, 7) is 6.60. The highest BCUT2D eigenvalue weighted by atomic mass is 16.7. The average molecular weight is 273 g/mol. The van der Waals surface area contributed by atoms with Crippen molar-refractivity contribution in [2.75, 3.05) is 5.32 Å². The Kier molecular flexibility index (Phi) is 2.85. The number of aromatic nitrogens is 2. The number of benzene rings is 1. The zero-order chi connectivity index (χ0) is 14.3. The highest BCUT2D eigenvalue weighted by Crippen LogP contribution is 2.40. The summed E-state index contributed by atoms with van der Waals surface area (Å²) in [5.41, 5.74) is 3.36. The van der Waals surface area contributed by atoms with Crippen LogP contribution in [0.3, 0.4) is 0 Å². The summed E-state index contributed by atoms with van der Waals surface area (Å²) in [5.74, 6) is 0.988. The zero-order valence-corrected chi connectivity index (χ0v) is 12.2. The van der Waals surface area contributed by atoms with E-state index in [0.29, 0.717) is 0 Å². The first-order valence-electron chi connectivity index (χ1n) is 6.68. The van der Waals surface area contributed by atoms with Crippen LogP contribution in [0.2, 0.25) is 0 Å². The fourth-order valence-corrected chi connectivity index (χ4v) is 2.25. The third kappa shape index (κ3) is 2.31. The van der Waals surface area contributed by atoms with Crippen LogP contribution < -0.4 is 14.8 Å². The van der Waals surface area contributed by atoms with Gasteiger partial charge in [0.05, 0.1) is 6.20 Å². The second-order valence-corrected chi connectivity index (χ2v) is 5.50. The van der Waals surface area contributed by atoms with Gasteiger partial charge in [-0.1, -0.05) is 0 Å². The van der Waals surface area contributed by atoms with E-state index in [1.165, 1.54) is 11.3 Å². The SMILES string of the molecule is Cc1c(CNc2ccc3c(c2)OC(C)(C)O3)cnn1C. The lowest BCUT2D eigenvalue weighted by atomic mass is 10.2. The topological polar surface area (TPSA) is 48.3 Å². The number of hydrogen-bond acceptors (Lipinski definition) is 4. The second kappa shape index (κ2) is 4.44. The van der Waals surface area contributed by atoms with Crippen LogP contribution in [0.25, 0.3) is 0 Å². The summed E-state index contributed by atoms with van der Waals surface area (Å²) in [6, 6.07) is 5.90. The Bertz CT molecular complexity index is 647. The van der Waals surface area contributed by atoms with Crippen LogP contribution in [0.4, 0.5) is 5.69 Å². The summed E-state index contributed by atoms with van der Waals surface area (Å²) in [5, 5.41) is 7.62. The maximum atomic E-state index is 5.74. The van der Waals surface area contributed by atoms with E-state index in [1.807, 2.05) is 50.0 Å². The molecule has 106 valence electrons. The van der Waals surface area contributed by atoms with Gasteiger partial charge in [-0.25, -0.2) is 0 Å². The van der Waals surface area contributed by atoms with E-state index in [9.17, 15) is 0 Å². The molecular weight excluding hydrogens is 254 g/mol. The molecule has 0 atom stereocenters. The van der Waals surface area contributed by atoms with Crippen LogP contribution in [-0.2, 0) is 13.6 Å². The molecule has 5 nitrogen and oxygen atoms in total. The first-order chi connectivity index (χ1) is 9.44. The highest BCUT2D eigenvalue weighted by Gasteiger charge is 2.31. The van der Waals surface area contributed by atoms with Crippen molar-refractivity contribution >= 4 is 5.69 Å². The van der Waals surface area contributed by atoms with Crippen LogP contribution in [0, 0.1) is 6.92 Å². The molecule has 3 rings (SSSR count). The van der Waals surface area contributed by atoms with Gasteiger partial charge in [0, 0.05) is 50.5 Å². The van der Waals surface area contributed by atoms with Crippen molar-refractivity contribution in [2.45, 2.75) is 33.1 Å². The van der Waals surface area contributed by atoms with Gasteiger partial charge >= 0.3 is 0 Å². The number of anilines is 1. The molecule has 1 N–H and O–H groups in total. The molecule has 0 radical (unpaired) electrons. The molecule has 0 saturated heterocycles. The van der Waals surface area contributed by atoms with Gasteiger partial charge in [0.1, 0.15) is 0 Å². The van der Waals surface area contributed by atoms with E-state index in [1.54, 1.807) is 0 Å². The lowest BCUT2D eigenvalue weighted by Crippen LogP contribution is -2.29. The Labute approximate surface area is 118 Å². The molecule has 0 aliphatic carbocycles. The van der Waals surface area contributed by atoms with Gasteiger partial charge < -0.3 is 14.8 Å². The number of fused-ring (bicyclic) bond motifs is 1. The van der Waals surface area contributed by atoms with Crippen LogP contribution >= 0.6 is 0 Å². The van der Waals surface area contributed by atoms with Gasteiger partial charge in [-0.2, -0.15) is 5.10 Å². The van der Waals surface area contributed by atoms with Gasteiger partial charge in [-0.3, -0.25) is 4.68 Å². The standard InChI is InChI=1S/C15H19N3O2/c1-10-11(9-17-18(10)4)8-16-12-5-6-13-14(7-12)20-15(2,3)19-13/h5-7,9,16H,8H2,1-4H3. The quantitative estimate of drug-likeness (QED) is 0.934. The lowest BCUT2D eigenvalue weighted by Gasteiger charge is -2.16. The molecule has 0 unspecified atom stereocenters. The molecule has 20 heavy (non-hydrogen) atoms. The van der Waals surface area contributed by atoms with E-state index in [-0.39, 0.29) is 0 Å². The molecule has 1 aliphatic heterocycles. The molecule has 1 aromatic heterocycles. The number of nitrogens with zero attached hydrogens (tertiary/aromatic N) is 2. The Hall–Kier alpha value is -2.17. The van der Waals surface area contributed by atoms with Crippen LogP contribution in [0.1, 0.15) is 25.1 Å². The van der Waals surface area contributed by atoms with Gasteiger partial charge in [0.2, 0.25) is 5.79 Å². The smallest absolute Gasteiger partial charge is 0.246 e. The Morgan fingerprint density at radius 3 is 2.70 bits per heavy atom. The van der Waals surface area contributed by atoms with Crippen molar-refractivity contribution in [2.24, 2.45) is 7.05 Å². The molecule has 2 heterocycles. The molecule has 1 aromatic carbocycles. The van der Waals surface area contributed by atoms with Crippen LogP contribution in [0.15, 0.2) is 24.4 Å². The normalized spacial score (nSPS) is 15.4.